The summed E-state index contributed by atoms with van der Waals surface area (Å²) in [6.45, 7) is 4.83. The fourth-order valence-corrected chi connectivity index (χ4v) is 3.63. The lowest BCUT2D eigenvalue weighted by atomic mass is 10.2. The molecule has 2 rings (SSSR count). The molecule has 0 aliphatic rings. The molecule has 0 atom stereocenters. The molecule has 0 heterocycles. The van der Waals surface area contributed by atoms with E-state index in [1.54, 1.807) is 25.1 Å². The third-order valence-corrected chi connectivity index (χ3v) is 4.97. The second-order valence-corrected chi connectivity index (χ2v) is 7.12. The Morgan fingerprint density at radius 1 is 0.920 bits per heavy atom. The smallest absolute Gasteiger partial charge is 0.300 e. The highest BCUT2D eigenvalue weighted by Crippen LogP contribution is 2.28. The molecule has 0 radical (unpaired) electrons. The summed E-state index contributed by atoms with van der Waals surface area (Å²) in [6.07, 6.45) is 0.620. The van der Waals surface area contributed by atoms with Gasteiger partial charge in [-0.15, -0.1) is 0 Å². The number of hydrogen-bond acceptors (Lipinski definition) is 5. The van der Waals surface area contributed by atoms with E-state index in [9.17, 15) is 8.42 Å². The second-order valence-electron chi connectivity index (χ2n) is 5.56. The van der Waals surface area contributed by atoms with E-state index in [2.05, 4.69) is 0 Å². The monoisotopic (exact) mass is 364 g/mol. The number of benzene rings is 2. The molecule has 0 unspecified atom stereocenters. The van der Waals surface area contributed by atoms with E-state index in [-0.39, 0.29) is 18.1 Å². The van der Waals surface area contributed by atoms with E-state index in [0.717, 1.165) is 5.56 Å². The van der Waals surface area contributed by atoms with Crippen LogP contribution in [-0.4, -0.2) is 28.2 Å². The van der Waals surface area contributed by atoms with E-state index < -0.39 is 10.1 Å². The Hall–Kier alpha value is -1.89. The van der Waals surface area contributed by atoms with E-state index >= 15 is 0 Å². The Balaban J connectivity index is 1.94. The molecular weight excluding hydrogens is 340 g/mol. The quantitative estimate of drug-likeness (QED) is 0.475. The van der Waals surface area contributed by atoms with E-state index in [0.29, 0.717) is 30.9 Å². The van der Waals surface area contributed by atoms with Gasteiger partial charge in [0.1, 0.15) is 17.3 Å². The van der Waals surface area contributed by atoms with Crippen molar-refractivity contribution in [2.24, 2.45) is 0 Å². The van der Waals surface area contributed by atoms with Crippen LogP contribution in [0.3, 0.4) is 0 Å². The first-order valence-electron chi connectivity index (χ1n) is 8.28. The molecule has 25 heavy (non-hydrogen) atoms. The maximum Gasteiger partial charge on any atom is 0.300 e. The lowest BCUT2D eigenvalue weighted by Crippen LogP contribution is -2.13. The zero-order valence-corrected chi connectivity index (χ0v) is 15.4. The lowest BCUT2D eigenvalue weighted by molar-refractivity contribution is 0.0878. The predicted molar refractivity (Wildman–Crippen MR) is 96.2 cm³/mol. The molecule has 6 heteroatoms. The van der Waals surface area contributed by atoms with Crippen LogP contribution in [0.1, 0.15) is 24.5 Å². The molecule has 0 aromatic heterocycles. The molecule has 136 valence electrons. The van der Waals surface area contributed by atoms with Gasteiger partial charge in [-0.3, -0.25) is 4.18 Å². The van der Waals surface area contributed by atoms with Gasteiger partial charge in [0.05, 0.1) is 19.8 Å². The minimum atomic E-state index is -3.84. The molecule has 0 saturated carbocycles. The molecule has 0 amide bonds. The minimum Gasteiger partial charge on any atom is -0.490 e. The zero-order chi connectivity index (χ0) is 18.1. The highest BCUT2D eigenvalue weighted by atomic mass is 32.2. The summed E-state index contributed by atoms with van der Waals surface area (Å²) in [7, 11) is -3.84. The second kappa shape index (κ2) is 9.56. The fraction of sp³-hybridized carbons (Fsp3) is 0.368. The van der Waals surface area contributed by atoms with Gasteiger partial charge in [0.15, 0.2) is 0 Å². The summed E-state index contributed by atoms with van der Waals surface area (Å²) in [5.74, 6) is 0.291. The van der Waals surface area contributed by atoms with Gasteiger partial charge in [-0.2, -0.15) is 8.42 Å². The molecule has 0 bridgehead atoms. The minimum absolute atomic E-state index is 0.0894. The van der Waals surface area contributed by atoms with Crippen LogP contribution in [0.4, 0.5) is 0 Å². The topological polar surface area (TPSA) is 61.8 Å². The van der Waals surface area contributed by atoms with Crippen LogP contribution in [0.15, 0.2) is 53.4 Å². The van der Waals surface area contributed by atoms with Crippen molar-refractivity contribution in [1.82, 2.24) is 0 Å². The molecule has 0 fully saturated rings. The molecule has 0 aliphatic heterocycles. The van der Waals surface area contributed by atoms with E-state index in [4.69, 9.17) is 13.7 Å². The summed E-state index contributed by atoms with van der Waals surface area (Å²) in [5, 5.41) is 0. The van der Waals surface area contributed by atoms with Gasteiger partial charge in [0.25, 0.3) is 0 Å². The molecule has 2 aromatic carbocycles. The summed E-state index contributed by atoms with van der Waals surface area (Å²) >= 11 is 0. The average molecular weight is 364 g/mol. The average Bonchev–Trinajstić information content (AvgIpc) is 2.60. The Morgan fingerprint density at radius 3 is 2.40 bits per heavy atom. The first kappa shape index (κ1) is 19.4. The van der Waals surface area contributed by atoms with Gasteiger partial charge >= 0.3 is 10.1 Å². The van der Waals surface area contributed by atoms with Gasteiger partial charge < -0.3 is 9.47 Å². The normalized spacial score (nSPS) is 11.4. The van der Waals surface area contributed by atoms with Gasteiger partial charge in [0, 0.05) is 0 Å². The van der Waals surface area contributed by atoms with Crippen molar-refractivity contribution in [3.8, 4) is 5.75 Å². The van der Waals surface area contributed by atoms with Crippen molar-refractivity contribution in [3.63, 3.8) is 0 Å². The first-order chi connectivity index (χ1) is 12.0. The number of hydrogen-bond donors (Lipinski definition) is 0. The van der Waals surface area contributed by atoms with Crippen LogP contribution >= 0.6 is 0 Å². The SMILES string of the molecule is CCCOS(=O)(=O)c1c(C)cccc1OCCOCc1ccccc1. The Kier molecular flexibility index (Phi) is 7.43. The van der Waals surface area contributed by atoms with E-state index in [1.165, 1.54) is 0 Å². The van der Waals surface area contributed by atoms with E-state index in [1.807, 2.05) is 37.3 Å². The maximum absolute atomic E-state index is 12.4. The Labute approximate surface area is 149 Å². The summed E-state index contributed by atoms with van der Waals surface area (Å²) in [6, 6.07) is 14.9. The fourth-order valence-electron chi connectivity index (χ4n) is 2.29. The van der Waals surface area contributed by atoms with Crippen LogP contribution in [0, 0.1) is 6.92 Å². The molecular formula is C19H24O5S. The number of aryl methyl sites for hydroxylation is 1. The van der Waals surface area contributed by atoms with Crippen LogP contribution in [0.5, 0.6) is 5.75 Å². The van der Waals surface area contributed by atoms with Gasteiger partial charge in [0.2, 0.25) is 0 Å². The van der Waals surface area contributed by atoms with Crippen molar-refractivity contribution in [1.29, 1.82) is 0 Å². The first-order valence-corrected chi connectivity index (χ1v) is 9.69. The standard InChI is InChI=1S/C19H24O5S/c1-3-12-24-25(20,21)19-16(2)8-7-11-18(19)23-14-13-22-15-17-9-5-4-6-10-17/h4-11H,3,12-15H2,1-2H3. The van der Waals surface area contributed by atoms with Crippen LogP contribution in [-0.2, 0) is 25.6 Å². The predicted octanol–water partition coefficient (Wildman–Crippen LogP) is 3.71. The molecule has 0 aliphatic carbocycles. The Morgan fingerprint density at radius 2 is 1.68 bits per heavy atom. The van der Waals surface area contributed by atoms with Crippen molar-refractivity contribution in [2.75, 3.05) is 19.8 Å². The van der Waals surface area contributed by atoms with Crippen LogP contribution in [0.25, 0.3) is 0 Å². The third kappa shape index (κ3) is 5.85. The molecule has 2 aromatic rings. The summed E-state index contributed by atoms with van der Waals surface area (Å²) in [5.41, 5.74) is 1.67. The highest BCUT2D eigenvalue weighted by molar-refractivity contribution is 7.87. The number of rotatable bonds is 10. The molecule has 0 spiro atoms. The maximum atomic E-state index is 12.4. The number of ether oxygens (including phenoxy) is 2. The van der Waals surface area contributed by atoms with Crippen molar-refractivity contribution in [3.05, 3.63) is 59.7 Å². The van der Waals surface area contributed by atoms with Crippen LogP contribution < -0.4 is 4.74 Å². The largest absolute Gasteiger partial charge is 0.490 e. The van der Waals surface area contributed by atoms with Gasteiger partial charge in [-0.05, 0) is 30.5 Å². The van der Waals surface area contributed by atoms with Crippen molar-refractivity contribution >= 4 is 10.1 Å². The third-order valence-electron chi connectivity index (χ3n) is 3.47. The molecule has 5 nitrogen and oxygen atoms in total. The van der Waals surface area contributed by atoms with Gasteiger partial charge in [-0.25, -0.2) is 0 Å². The zero-order valence-electron chi connectivity index (χ0n) is 14.6. The van der Waals surface area contributed by atoms with Gasteiger partial charge in [-0.1, -0.05) is 49.4 Å². The molecule has 0 saturated heterocycles. The lowest BCUT2D eigenvalue weighted by Gasteiger charge is -2.14. The van der Waals surface area contributed by atoms with Crippen molar-refractivity contribution in [2.45, 2.75) is 31.8 Å². The summed E-state index contributed by atoms with van der Waals surface area (Å²) < 4.78 is 41.0. The molecule has 0 N–H and O–H groups in total. The highest BCUT2D eigenvalue weighted by Gasteiger charge is 2.23. The Bertz CT molecular complexity index is 757. The van der Waals surface area contributed by atoms with Crippen molar-refractivity contribution < 1.29 is 22.1 Å². The summed E-state index contributed by atoms with van der Waals surface area (Å²) in [4.78, 5) is 0.0894. The van der Waals surface area contributed by atoms with Crippen LogP contribution in [0.2, 0.25) is 0 Å².